The molecule has 4 heavy (non-hydrogen) atoms. The molecule has 0 spiro atoms. The van der Waals surface area contributed by atoms with Crippen LogP contribution in [0.25, 0.3) is 0 Å². The standard InChI is InChI=1S/Al.Ga.H3N.Pb.8H/h;;1H3;;;;;;;;;. The minimum atomic E-state index is 0. The molecule has 0 saturated heterocycles. The molecule has 3 N–H and O–H groups in total. The molecule has 0 aromatic rings. The molecular formula is H11AlGaNPb. The van der Waals surface area contributed by atoms with Crippen molar-refractivity contribution < 1.29 is 0 Å². The van der Waals surface area contributed by atoms with E-state index in [9.17, 15) is 0 Å². The normalized spacial score (nSPS) is 0. The van der Waals surface area contributed by atoms with Crippen LogP contribution in [0.4, 0.5) is 0 Å². The Morgan fingerprint density at radius 1 is 1.00 bits per heavy atom. The molecule has 0 unspecified atom stereocenters. The summed E-state index contributed by atoms with van der Waals surface area (Å²) in [7, 11) is 0. The fraction of sp³-hybridized carbons (Fsp3) is 0. The molecule has 0 fully saturated rings. The van der Waals surface area contributed by atoms with E-state index in [0.29, 0.717) is 0 Å². The zero-order valence-corrected chi connectivity index (χ0v) is 6.91. The van der Waals surface area contributed by atoms with E-state index in [4.69, 9.17) is 0 Å². The van der Waals surface area contributed by atoms with Crippen molar-refractivity contribution in [3.8, 4) is 0 Å². The van der Waals surface area contributed by atoms with Crippen LogP contribution in [0.3, 0.4) is 0 Å². The van der Waals surface area contributed by atoms with E-state index in [0.717, 1.165) is 0 Å². The monoisotopic (exact) mass is 329 g/mol. The molecule has 26 valence electrons. The molecule has 0 rings (SSSR count). The second-order valence-corrected chi connectivity index (χ2v) is 0. The zero-order chi connectivity index (χ0) is 0. The summed E-state index contributed by atoms with van der Waals surface area (Å²) in [6.07, 6.45) is 0. The molecule has 4 heteroatoms. The zero-order valence-electron chi connectivity index (χ0n) is 1.41. The van der Waals surface area contributed by atoms with Gasteiger partial charge in [0.25, 0.3) is 0 Å². The summed E-state index contributed by atoms with van der Waals surface area (Å²) in [6, 6.07) is 0. The van der Waals surface area contributed by atoms with Gasteiger partial charge < -0.3 is 6.15 Å². The van der Waals surface area contributed by atoms with E-state index in [2.05, 4.69) is 0 Å². The van der Waals surface area contributed by atoms with Gasteiger partial charge in [-0.15, -0.1) is 0 Å². The number of hydrogen-bond donors (Lipinski definition) is 1. The SMILES string of the molecule is N.[AlH3].[GaH3].[PbH2]. The number of rotatable bonds is 0. The Morgan fingerprint density at radius 3 is 1.00 bits per heavy atom. The predicted octanol–water partition coefficient (Wildman–Crippen LogP) is -3.12. The van der Waals surface area contributed by atoms with Crippen LogP contribution in [0.1, 0.15) is 0 Å². The molecular weight excluding hydrogens is 318 g/mol. The van der Waals surface area contributed by atoms with E-state index >= 15 is 0 Å². The Balaban J connectivity index is 0. The van der Waals surface area contributed by atoms with Crippen molar-refractivity contribution in [3.63, 3.8) is 0 Å². The van der Waals surface area contributed by atoms with Gasteiger partial charge in [-0.05, 0) is 0 Å². The molecule has 0 heterocycles. The van der Waals surface area contributed by atoms with Crippen molar-refractivity contribution in [1.29, 1.82) is 0 Å². The van der Waals surface area contributed by atoms with E-state index < -0.39 is 0 Å². The first kappa shape index (κ1) is 36.7. The molecule has 0 aromatic heterocycles. The Morgan fingerprint density at radius 2 is 1.00 bits per heavy atom. The van der Waals surface area contributed by atoms with Crippen molar-refractivity contribution in [2.75, 3.05) is 0 Å². The topological polar surface area (TPSA) is 35.0 Å². The molecule has 1 nitrogen and oxygen atoms in total. The van der Waals surface area contributed by atoms with Crippen molar-refractivity contribution in [1.82, 2.24) is 6.15 Å². The Hall–Kier alpha value is 2.05. The van der Waals surface area contributed by atoms with Crippen molar-refractivity contribution >= 4 is 64.5 Å². The van der Waals surface area contributed by atoms with Crippen LogP contribution >= 0.6 is 0 Å². The summed E-state index contributed by atoms with van der Waals surface area (Å²) in [5, 5.41) is 0. The molecule has 0 aliphatic heterocycles. The predicted molar refractivity (Wildman–Crippen MR) is 33.4 cm³/mol. The van der Waals surface area contributed by atoms with Crippen LogP contribution in [0, 0.1) is 0 Å². The Labute approximate surface area is 69.8 Å². The third-order valence-corrected chi connectivity index (χ3v) is 0. The summed E-state index contributed by atoms with van der Waals surface area (Å²) in [6.45, 7) is 0. The van der Waals surface area contributed by atoms with E-state index in [-0.39, 0.29) is 70.6 Å². The van der Waals surface area contributed by atoms with Gasteiger partial charge in [0.05, 0.1) is 0 Å². The van der Waals surface area contributed by atoms with Crippen LogP contribution in [-0.2, 0) is 0 Å². The average Bonchev–Trinajstić information content (AvgIpc) is 0. The van der Waals surface area contributed by atoms with Gasteiger partial charge >= 0.3 is 47.1 Å². The molecule has 0 amide bonds. The molecule has 0 aromatic carbocycles. The van der Waals surface area contributed by atoms with Crippen molar-refractivity contribution in [2.45, 2.75) is 0 Å². The second kappa shape index (κ2) is 19.7. The summed E-state index contributed by atoms with van der Waals surface area (Å²) in [5.41, 5.74) is 0. The van der Waals surface area contributed by atoms with Crippen molar-refractivity contribution in [2.24, 2.45) is 0 Å². The van der Waals surface area contributed by atoms with Gasteiger partial charge in [-0.2, -0.15) is 0 Å². The van der Waals surface area contributed by atoms with Gasteiger partial charge in [-0.25, -0.2) is 0 Å². The quantitative estimate of drug-likeness (QED) is 0.469. The molecule has 2 radical (unpaired) electrons. The van der Waals surface area contributed by atoms with Crippen LogP contribution in [0.2, 0.25) is 0 Å². The third kappa shape index (κ3) is 8.96. The summed E-state index contributed by atoms with van der Waals surface area (Å²) < 4.78 is 0. The van der Waals surface area contributed by atoms with E-state index in [1.165, 1.54) is 0 Å². The van der Waals surface area contributed by atoms with Crippen LogP contribution in [-0.4, -0.2) is 64.5 Å². The van der Waals surface area contributed by atoms with E-state index in [1.807, 2.05) is 0 Å². The molecule has 0 saturated carbocycles. The first-order valence-electron chi connectivity index (χ1n) is 0. The van der Waals surface area contributed by atoms with Gasteiger partial charge in [0.15, 0.2) is 17.4 Å². The molecule has 0 aliphatic rings. The first-order valence-corrected chi connectivity index (χ1v) is 0. The Bertz CT molecular complexity index is 8.00. The summed E-state index contributed by atoms with van der Waals surface area (Å²) >= 11 is 0. The first-order chi connectivity index (χ1) is 0. The van der Waals surface area contributed by atoms with Gasteiger partial charge in [0.1, 0.15) is 0 Å². The van der Waals surface area contributed by atoms with Crippen LogP contribution < -0.4 is 6.15 Å². The minimum absolute atomic E-state index is 0. The maximum absolute atomic E-state index is 0. The fourth-order valence-electron chi connectivity index (χ4n) is 0. The fourth-order valence-corrected chi connectivity index (χ4v) is 0. The van der Waals surface area contributed by atoms with Gasteiger partial charge in [-0.1, -0.05) is 0 Å². The Kier molecular flexibility index (Phi) is 181. The number of hydrogen-bond acceptors (Lipinski definition) is 1. The maximum atomic E-state index is 0. The third-order valence-electron chi connectivity index (χ3n) is 0. The van der Waals surface area contributed by atoms with Gasteiger partial charge in [0, 0.05) is 0 Å². The molecule has 0 aliphatic carbocycles. The summed E-state index contributed by atoms with van der Waals surface area (Å²) in [5.74, 6) is 0. The average molecular weight is 329 g/mol. The van der Waals surface area contributed by atoms with Crippen LogP contribution in [0.15, 0.2) is 0 Å². The van der Waals surface area contributed by atoms with Gasteiger partial charge in [0.2, 0.25) is 0 Å². The summed E-state index contributed by atoms with van der Waals surface area (Å²) in [4.78, 5) is 0. The molecule has 0 bridgehead atoms. The van der Waals surface area contributed by atoms with Gasteiger partial charge in [-0.3, -0.25) is 0 Å². The van der Waals surface area contributed by atoms with Crippen LogP contribution in [0.5, 0.6) is 0 Å². The molecule has 0 atom stereocenters. The second-order valence-electron chi connectivity index (χ2n) is 0. The van der Waals surface area contributed by atoms with E-state index in [1.54, 1.807) is 0 Å². The van der Waals surface area contributed by atoms with Crippen molar-refractivity contribution in [3.05, 3.63) is 0 Å².